The second-order valence-electron chi connectivity index (χ2n) is 6.91. The van der Waals surface area contributed by atoms with Gasteiger partial charge in [-0.15, -0.1) is 5.10 Å². The summed E-state index contributed by atoms with van der Waals surface area (Å²) in [5.41, 5.74) is 0.556. The number of nitrogens with one attached hydrogen (secondary N) is 1. The summed E-state index contributed by atoms with van der Waals surface area (Å²) in [6.45, 7) is 3.53. The molecule has 0 spiro atoms. The fraction of sp³-hybridized carbons (Fsp3) is 0.625. The Bertz CT molecular complexity index is 825. The zero-order chi connectivity index (χ0) is 19.8. The Hall–Kier alpha value is -2.43. The molecule has 8 nitrogen and oxygen atoms in total. The molecule has 148 valence electrons. The molecule has 0 atom stereocenters. The van der Waals surface area contributed by atoms with Crippen LogP contribution >= 0.6 is 0 Å². The number of carbonyl (C=O) groups is 1. The van der Waals surface area contributed by atoms with Crippen LogP contribution in [0.1, 0.15) is 24.4 Å². The van der Waals surface area contributed by atoms with Gasteiger partial charge in [-0.1, -0.05) is 0 Å². The van der Waals surface area contributed by atoms with Gasteiger partial charge in [0.05, 0.1) is 6.54 Å². The van der Waals surface area contributed by atoms with Crippen LogP contribution in [0.4, 0.5) is 19.0 Å². The normalized spacial score (nSPS) is 16.7. The SMILES string of the molecule is Cc1cc(NC2CCN(CC(=O)N(C)C)CC2)n2nc(C(F)(F)F)nc2n1. The summed E-state index contributed by atoms with van der Waals surface area (Å²) in [6.07, 6.45) is -3.09. The zero-order valence-electron chi connectivity index (χ0n) is 15.4. The minimum Gasteiger partial charge on any atom is -0.367 e. The molecule has 1 aliphatic rings. The smallest absolute Gasteiger partial charge is 0.367 e. The zero-order valence-corrected chi connectivity index (χ0v) is 15.4. The molecule has 3 heterocycles. The highest BCUT2D eigenvalue weighted by atomic mass is 19.4. The summed E-state index contributed by atoms with van der Waals surface area (Å²) >= 11 is 0. The number of nitrogens with zero attached hydrogens (tertiary/aromatic N) is 6. The Kier molecular flexibility index (Phi) is 5.22. The fourth-order valence-electron chi connectivity index (χ4n) is 2.99. The van der Waals surface area contributed by atoms with E-state index in [0.717, 1.165) is 30.4 Å². The predicted octanol–water partition coefficient (Wildman–Crippen LogP) is 1.42. The van der Waals surface area contributed by atoms with E-state index in [2.05, 4.69) is 25.3 Å². The molecule has 27 heavy (non-hydrogen) atoms. The Balaban J connectivity index is 1.70. The fourth-order valence-corrected chi connectivity index (χ4v) is 2.99. The van der Waals surface area contributed by atoms with Crippen LogP contribution in [-0.2, 0) is 11.0 Å². The van der Waals surface area contributed by atoms with Gasteiger partial charge in [0.15, 0.2) is 0 Å². The van der Waals surface area contributed by atoms with Gasteiger partial charge >= 0.3 is 6.18 Å². The summed E-state index contributed by atoms with van der Waals surface area (Å²) in [4.78, 5) is 22.9. The lowest BCUT2D eigenvalue weighted by Gasteiger charge is -2.32. The van der Waals surface area contributed by atoms with Crippen molar-refractivity contribution < 1.29 is 18.0 Å². The lowest BCUT2D eigenvalue weighted by Crippen LogP contribution is -2.44. The Morgan fingerprint density at radius 1 is 1.30 bits per heavy atom. The van der Waals surface area contributed by atoms with Crippen molar-refractivity contribution in [3.63, 3.8) is 0 Å². The number of hydrogen-bond donors (Lipinski definition) is 1. The minimum absolute atomic E-state index is 0.0511. The molecule has 0 bridgehead atoms. The number of alkyl halides is 3. The van der Waals surface area contributed by atoms with E-state index in [0.29, 0.717) is 18.1 Å². The summed E-state index contributed by atoms with van der Waals surface area (Å²) in [7, 11) is 3.45. The van der Waals surface area contributed by atoms with Gasteiger partial charge in [-0.3, -0.25) is 9.69 Å². The maximum atomic E-state index is 12.9. The van der Waals surface area contributed by atoms with Crippen molar-refractivity contribution in [2.24, 2.45) is 0 Å². The molecule has 1 N–H and O–H groups in total. The number of aromatic nitrogens is 4. The van der Waals surface area contributed by atoms with Gasteiger partial charge in [0, 0.05) is 45.0 Å². The van der Waals surface area contributed by atoms with Crippen LogP contribution in [0.3, 0.4) is 0 Å². The molecule has 0 radical (unpaired) electrons. The molecule has 1 saturated heterocycles. The second kappa shape index (κ2) is 7.29. The second-order valence-corrected chi connectivity index (χ2v) is 6.91. The first-order chi connectivity index (χ1) is 12.6. The van der Waals surface area contributed by atoms with Crippen LogP contribution in [-0.4, -0.2) is 75.1 Å². The third-order valence-corrected chi connectivity index (χ3v) is 4.49. The van der Waals surface area contributed by atoms with E-state index >= 15 is 0 Å². The van der Waals surface area contributed by atoms with Crippen LogP contribution in [0.15, 0.2) is 6.07 Å². The monoisotopic (exact) mass is 385 g/mol. The molecule has 2 aromatic rings. The lowest BCUT2D eigenvalue weighted by atomic mass is 10.0. The number of likely N-dealkylation sites (N-methyl/N-ethyl adjacent to an activating group) is 1. The number of rotatable bonds is 4. The predicted molar refractivity (Wildman–Crippen MR) is 92.3 cm³/mol. The molecule has 2 aromatic heterocycles. The molecular weight excluding hydrogens is 363 g/mol. The topological polar surface area (TPSA) is 78.7 Å². The van der Waals surface area contributed by atoms with E-state index in [1.54, 1.807) is 32.0 Å². The first-order valence-corrected chi connectivity index (χ1v) is 8.64. The third kappa shape index (κ3) is 4.46. The average Bonchev–Trinajstić information content (AvgIpc) is 3.01. The molecule has 1 amide bonds. The summed E-state index contributed by atoms with van der Waals surface area (Å²) in [5, 5.41) is 6.82. The highest BCUT2D eigenvalue weighted by Gasteiger charge is 2.37. The standard InChI is InChI=1S/C16H22F3N7O/c1-10-8-12(26-15(20-10)22-14(23-26)16(17,18)19)21-11-4-6-25(7-5-11)9-13(27)24(2)3/h8,11,21H,4-7,9H2,1-3H3. The van der Waals surface area contributed by atoms with Crippen LogP contribution < -0.4 is 5.32 Å². The summed E-state index contributed by atoms with van der Waals surface area (Å²) < 4.78 is 39.8. The van der Waals surface area contributed by atoms with Gasteiger partial charge in [-0.2, -0.15) is 22.7 Å². The van der Waals surface area contributed by atoms with E-state index in [4.69, 9.17) is 0 Å². The molecule has 1 aliphatic heterocycles. The number of likely N-dealkylation sites (tertiary alicyclic amines) is 1. The van der Waals surface area contributed by atoms with Gasteiger partial charge < -0.3 is 10.2 Å². The quantitative estimate of drug-likeness (QED) is 0.858. The minimum atomic E-state index is -4.62. The number of fused-ring (bicyclic) bond motifs is 1. The summed E-state index contributed by atoms with van der Waals surface area (Å²) in [6, 6.07) is 1.73. The Labute approximate surface area is 154 Å². The van der Waals surface area contributed by atoms with Crippen LogP contribution in [0.5, 0.6) is 0 Å². The summed E-state index contributed by atoms with van der Waals surface area (Å²) in [5.74, 6) is -0.807. The number of halogens is 3. The number of aryl methyl sites for hydroxylation is 1. The van der Waals surface area contributed by atoms with Crippen molar-refractivity contribution in [2.75, 3.05) is 39.0 Å². The maximum Gasteiger partial charge on any atom is 0.453 e. The van der Waals surface area contributed by atoms with Gasteiger partial charge in [-0.25, -0.2) is 4.98 Å². The van der Waals surface area contributed by atoms with Crippen molar-refractivity contribution in [1.82, 2.24) is 29.4 Å². The first kappa shape index (κ1) is 19.3. The highest BCUT2D eigenvalue weighted by Crippen LogP contribution is 2.27. The average molecular weight is 385 g/mol. The van der Waals surface area contributed by atoms with Gasteiger partial charge in [0.25, 0.3) is 11.6 Å². The number of anilines is 1. The lowest BCUT2D eigenvalue weighted by molar-refractivity contribution is -0.144. The Morgan fingerprint density at radius 2 is 1.96 bits per heavy atom. The van der Waals surface area contributed by atoms with Gasteiger partial charge in [-0.05, 0) is 19.8 Å². The number of piperidine rings is 1. The van der Waals surface area contributed by atoms with Crippen molar-refractivity contribution in [3.8, 4) is 0 Å². The number of hydrogen-bond acceptors (Lipinski definition) is 6. The molecule has 0 aliphatic carbocycles. The van der Waals surface area contributed by atoms with E-state index in [1.807, 2.05) is 0 Å². The molecule has 0 aromatic carbocycles. The highest BCUT2D eigenvalue weighted by molar-refractivity contribution is 5.77. The van der Waals surface area contributed by atoms with Crippen LogP contribution in [0, 0.1) is 6.92 Å². The maximum absolute atomic E-state index is 12.9. The van der Waals surface area contributed by atoms with Crippen molar-refractivity contribution in [3.05, 3.63) is 17.6 Å². The number of amides is 1. The van der Waals surface area contributed by atoms with E-state index < -0.39 is 12.0 Å². The van der Waals surface area contributed by atoms with Crippen LogP contribution in [0.2, 0.25) is 0 Å². The molecule has 0 unspecified atom stereocenters. The molecule has 1 fully saturated rings. The number of carbonyl (C=O) groups excluding carboxylic acids is 1. The van der Waals surface area contributed by atoms with Crippen molar-refractivity contribution in [1.29, 1.82) is 0 Å². The first-order valence-electron chi connectivity index (χ1n) is 8.64. The largest absolute Gasteiger partial charge is 0.453 e. The van der Waals surface area contributed by atoms with Crippen molar-refractivity contribution in [2.45, 2.75) is 32.0 Å². The van der Waals surface area contributed by atoms with Crippen LogP contribution in [0.25, 0.3) is 5.78 Å². The molecule has 11 heteroatoms. The van der Waals surface area contributed by atoms with E-state index in [1.165, 1.54) is 0 Å². The Morgan fingerprint density at radius 3 is 2.56 bits per heavy atom. The van der Waals surface area contributed by atoms with Gasteiger partial charge in [0.1, 0.15) is 5.82 Å². The third-order valence-electron chi connectivity index (χ3n) is 4.49. The van der Waals surface area contributed by atoms with Gasteiger partial charge in [0.2, 0.25) is 5.91 Å². The van der Waals surface area contributed by atoms with Crippen molar-refractivity contribution >= 4 is 17.5 Å². The molecular formula is C16H22F3N7O. The molecule has 3 rings (SSSR count). The molecule has 0 saturated carbocycles. The van der Waals surface area contributed by atoms with E-state index in [-0.39, 0.29) is 17.7 Å². The van der Waals surface area contributed by atoms with E-state index in [9.17, 15) is 18.0 Å².